The molecule has 0 aromatic heterocycles. The highest BCUT2D eigenvalue weighted by molar-refractivity contribution is 9.12. The number of carbonyl (C=O) groups is 6. The minimum absolute atomic E-state index is 0.00794. The summed E-state index contributed by atoms with van der Waals surface area (Å²) in [5.41, 5.74) is 11.9. The number of aliphatic imine (C=N–C) groups is 1. The van der Waals surface area contributed by atoms with Crippen LogP contribution in [0.1, 0.15) is 101 Å². The van der Waals surface area contributed by atoms with Crippen LogP contribution in [0.3, 0.4) is 0 Å². The molecule has 6 amide bonds. The molecule has 0 aliphatic carbocycles. The van der Waals surface area contributed by atoms with Crippen LogP contribution in [0.25, 0.3) is 0 Å². The Morgan fingerprint density at radius 1 is 0.333 bits per heavy atom. The Labute approximate surface area is 906 Å². The number of nitrogens with two attached hydrogens (primary N) is 1. The van der Waals surface area contributed by atoms with Gasteiger partial charge in [0.2, 0.25) is 6.08 Å². The summed E-state index contributed by atoms with van der Waals surface area (Å²) in [6.45, 7) is 11.3. The number of urea groups is 3. The number of rotatable bonds is 18. The fourth-order valence-corrected chi connectivity index (χ4v) is 18.3. The molecule has 141 heavy (non-hydrogen) atoms. The van der Waals surface area contributed by atoms with E-state index in [0.717, 1.165) is 86.1 Å². The number of halogens is 10. The van der Waals surface area contributed by atoms with Crippen LogP contribution >= 0.6 is 159 Å². The molecule has 0 radical (unpaired) electrons. The Bertz CT molecular complexity index is 6240. The molecule has 15 aromatic carbocycles. The van der Waals surface area contributed by atoms with Gasteiger partial charge in [-0.1, -0.05) is 367 Å². The van der Waals surface area contributed by atoms with E-state index in [9.17, 15) is 48.9 Å². The molecule has 8 atom stereocenters. The van der Waals surface area contributed by atoms with E-state index in [4.69, 9.17) is 5.73 Å². The largest absolute Gasteiger partial charge is 0.399 e. The van der Waals surface area contributed by atoms with Crippen molar-refractivity contribution in [3.05, 3.63) is 480 Å². The van der Waals surface area contributed by atoms with Crippen LogP contribution in [0.15, 0.2) is 446 Å². The highest BCUT2D eigenvalue weighted by atomic mass is 79.9. The highest BCUT2D eigenvalue weighted by Crippen LogP contribution is 2.49. The highest BCUT2D eigenvalue weighted by Gasteiger charge is 2.59. The Morgan fingerprint density at radius 2 is 0.560 bits per heavy atom. The quantitative estimate of drug-likeness (QED) is 0.0207. The van der Waals surface area contributed by atoms with E-state index in [0.29, 0.717) is 45.9 Å². The predicted octanol–water partition coefficient (Wildman–Crippen LogP) is 31.6. The second-order valence-electron chi connectivity index (χ2n) is 32.3. The van der Waals surface area contributed by atoms with Crippen LogP contribution in [-0.4, -0.2) is 79.8 Å². The smallest absolute Gasteiger partial charge is 0.332 e. The topological polar surface area (TPSA) is 238 Å². The summed E-state index contributed by atoms with van der Waals surface area (Å²) >= 11 is 33.8. The lowest BCUT2D eigenvalue weighted by atomic mass is 9.93. The molecule has 0 saturated carbocycles. The molecule has 0 bridgehead atoms. The average Bonchev–Trinajstić information content (AvgIpc) is 1.58. The van der Waals surface area contributed by atoms with Crippen molar-refractivity contribution in [2.24, 2.45) is 10.9 Å². The molecule has 720 valence electrons. The number of nitrogen functional groups attached to an aromatic ring is 1. The van der Waals surface area contributed by atoms with Crippen molar-refractivity contribution in [3.8, 4) is 0 Å². The fraction of sp³-hybridized carbons (Fsp3) is 0.142. The molecule has 5 N–H and O–H groups in total. The minimum atomic E-state index is -1.51. The molecule has 3 aliphatic heterocycles. The molecule has 0 spiro atoms. The number of amides is 6. The van der Waals surface area contributed by atoms with Gasteiger partial charge in [0.05, 0.1) is 28.6 Å². The maximum atomic E-state index is 13.5. The summed E-state index contributed by atoms with van der Waals surface area (Å²) < 4.78 is 8.60. The van der Waals surface area contributed by atoms with Gasteiger partial charge in [-0.05, 0) is 246 Å². The van der Waals surface area contributed by atoms with E-state index in [1.54, 1.807) is 26.8 Å². The molecule has 18 rings (SSSR count). The van der Waals surface area contributed by atoms with Gasteiger partial charge in [0.15, 0.2) is 34.5 Å². The van der Waals surface area contributed by atoms with Crippen molar-refractivity contribution in [3.63, 3.8) is 0 Å². The Morgan fingerprint density at radius 3 is 0.809 bits per heavy atom. The third-order valence-corrected chi connectivity index (χ3v) is 28.1. The summed E-state index contributed by atoms with van der Waals surface area (Å²) in [5, 5.41) is 35.7. The van der Waals surface area contributed by atoms with Crippen LogP contribution in [0.4, 0.5) is 59.9 Å². The van der Waals surface area contributed by atoms with Crippen LogP contribution in [0.5, 0.6) is 0 Å². The van der Waals surface area contributed by atoms with Gasteiger partial charge < -0.3 is 21.1 Å². The third-order valence-electron chi connectivity index (χ3n) is 23.0. The Balaban J connectivity index is 0.000000160. The number of isocyanates is 1. The van der Waals surface area contributed by atoms with Crippen LogP contribution in [0.2, 0.25) is 0 Å². The van der Waals surface area contributed by atoms with Gasteiger partial charge in [0.25, 0.3) is 0 Å². The summed E-state index contributed by atoms with van der Waals surface area (Å²) in [4.78, 5) is 97.6. The first-order valence-corrected chi connectivity index (χ1v) is 52.4. The first-order valence-electron chi connectivity index (χ1n) is 44.4. The molecule has 3 heterocycles. The first-order chi connectivity index (χ1) is 67.6. The SMILES string of the molecule is CC(Br)C(=O)c1ccccc1.CC(Cc1ccc(Br)cc1)C(=O)c1ccccc1.CC1N(c2ccc(Br)cc2)C(=O)N(c2ccc(Br)cc2)C1(O)c1ccccc1.CCC(=O)c1ccccc1.C[C@@H]1N(c2ccc(Br)cc2)C(=O)N(c2ccc(Br)cc2)C1(O)c1ccccc1.C[C@H]1N(c2ccc(Br)cc2)C(=O)N(c2ccc(Br)cc2)C1(O)c1ccccc1.Nc1ccc(Br)cc1.O=C=Nc1ccc(Br)cc1. The molecule has 3 fully saturated rings. The zero-order chi connectivity index (χ0) is 102. The van der Waals surface area contributed by atoms with Crippen molar-refractivity contribution in [1.82, 2.24) is 0 Å². The van der Waals surface area contributed by atoms with Crippen molar-refractivity contribution in [2.75, 3.05) is 35.1 Å². The second kappa shape index (κ2) is 52.8. The number of hydrogen-bond acceptors (Lipinski definition) is 12. The second-order valence-corrected chi connectivity index (χ2v) is 41.9. The van der Waals surface area contributed by atoms with Crippen LogP contribution in [0, 0.1) is 5.92 Å². The summed E-state index contributed by atoms with van der Waals surface area (Å²) in [7, 11) is 0. The lowest BCUT2D eigenvalue weighted by Gasteiger charge is -2.35. The van der Waals surface area contributed by atoms with Gasteiger partial charge in [-0.15, -0.1) is 0 Å². The van der Waals surface area contributed by atoms with Crippen molar-refractivity contribution in [1.29, 1.82) is 0 Å². The van der Waals surface area contributed by atoms with Gasteiger partial charge in [-0.25, -0.2) is 19.2 Å². The molecule has 3 aliphatic rings. The van der Waals surface area contributed by atoms with E-state index in [-0.39, 0.29) is 46.2 Å². The molecule has 3 saturated heterocycles. The number of ketones is 3. The lowest BCUT2D eigenvalue weighted by molar-refractivity contribution is 0.0369. The third kappa shape index (κ3) is 28.5. The maximum Gasteiger partial charge on any atom is 0.332 e. The Hall–Kier alpha value is -11.0. The molecule has 18 nitrogen and oxygen atoms in total. The van der Waals surface area contributed by atoms with Gasteiger partial charge in [0, 0.05) is 126 Å². The van der Waals surface area contributed by atoms with Crippen molar-refractivity contribution < 1.29 is 48.9 Å². The number of benzene rings is 15. The molecular formula is C113H98Br10N8O10. The van der Waals surface area contributed by atoms with E-state index in [1.165, 1.54) is 26.3 Å². The van der Waals surface area contributed by atoms with Gasteiger partial charge in [-0.3, -0.25) is 43.8 Å². The number of anilines is 7. The molecule has 15 aromatic rings. The monoisotopic (exact) mass is 2520 g/mol. The zero-order valence-electron chi connectivity index (χ0n) is 77.1. The standard InChI is InChI=1S/3C22H18Br2N2O2.C16H15BrO.C9H9BrO.C9H10O.C7H4BrNO.C6H6BrN/c3*1-15-22(28,16-5-3-2-4-6-16)26(20-13-9-18(24)10-14-20)21(27)25(15)19-11-7-17(23)8-12-19;1-12(11-13-7-9-15(17)10-8-13)16(18)14-5-3-2-4-6-14;1-7(10)9(11)8-5-3-2-4-6-8;1-2-9(10)8-6-4-3-5-7-8;8-6-1-3-7(4-2-6)9-5-10;7-5-1-3-6(8)4-2-5/h3*2-15,28H,1H3;2-10,12H,11H2,1H3;2-7H,1H3;3-7H,2H2,1H3;1-4H;1-4H,8H2/t2*15-,22?;;;;;;/m10....../s1. The van der Waals surface area contributed by atoms with Gasteiger partial charge in [-0.2, -0.15) is 4.99 Å². The predicted molar refractivity (Wildman–Crippen MR) is 604 cm³/mol. The zero-order valence-corrected chi connectivity index (χ0v) is 93.0. The summed E-state index contributed by atoms with van der Waals surface area (Å²) in [5.74, 6) is 0.554. The number of alkyl halides is 1. The van der Waals surface area contributed by atoms with E-state index in [2.05, 4.69) is 176 Å². The van der Waals surface area contributed by atoms with Crippen molar-refractivity contribution in [2.45, 2.75) is 94.5 Å². The number of aliphatic hydroxyl groups is 3. The molecular weight excluding hydrogens is 2430 g/mol. The molecule has 28 heteroatoms. The summed E-state index contributed by atoms with van der Waals surface area (Å²) in [6.07, 6.45) is 2.83. The number of carbonyl (C=O) groups excluding carboxylic acids is 7. The Kier molecular flexibility index (Phi) is 41.3. The van der Waals surface area contributed by atoms with E-state index in [1.807, 2.05) is 418 Å². The van der Waals surface area contributed by atoms with Crippen molar-refractivity contribution >= 4 is 246 Å². The normalized spacial score (nSPS) is 17.4. The average molecular weight is 2530 g/mol. The van der Waals surface area contributed by atoms with Gasteiger partial charge in [0.1, 0.15) is 0 Å². The fourth-order valence-electron chi connectivity index (χ4n) is 15.7. The molecule has 6 unspecified atom stereocenters. The minimum Gasteiger partial charge on any atom is -0.399 e. The number of nitrogens with zero attached hydrogens (tertiary/aromatic N) is 7. The number of Topliss-reactive ketones (excluding diaryl/α,β-unsaturated/α-hetero) is 3. The van der Waals surface area contributed by atoms with Crippen LogP contribution < -0.4 is 35.1 Å². The van der Waals surface area contributed by atoms with E-state index < -0.39 is 35.3 Å². The van der Waals surface area contributed by atoms with Gasteiger partial charge >= 0.3 is 18.1 Å². The first kappa shape index (κ1) is 110. The van der Waals surface area contributed by atoms with Crippen LogP contribution in [-0.2, 0) is 28.4 Å². The lowest BCUT2D eigenvalue weighted by Crippen LogP contribution is -2.48. The maximum absolute atomic E-state index is 13.5. The summed E-state index contributed by atoms with van der Waals surface area (Å²) in [6, 6.07) is 121. The van der Waals surface area contributed by atoms with E-state index >= 15 is 0 Å². The number of hydrogen-bond donors (Lipinski definition) is 4.